The highest BCUT2D eigenvalue weighted by Gasteiger charge is 2.49. The first-order chi connectivity index (χ1) is 19.7. The first-order valence-corrected chi connectivity index (χ1v) is 15.1. The van der Waals surface area contributed by atoms with Crippen LogP contribution in [-0.2, 0) is 22.2 Å². The molecule has 0 radical (unpaired) electrons. The molecule has 4 heteroatoms. The predicted octanol–water partition coefficient (Wildman–Crippen LogP) is 8.67. The van der Waals surface area contributed by atoms with E-state index >= 15 is 0 Å². The molecule has 3 aromatic rings. The maximum atomic E-state index is 10.7. The van der Waals surface area contributed by atoms with Crippen LogP contribution < -0.4 is 9.64 Å². The third-order valence-corrected chi connectivity index (χ3v) is 9.56. The molecule has 0 spiro atoms. The van der Waals surface area contributed by atoms with Gasteiger partial charge in [0, 0.05) is 30.2 Å². The molecule has 3 saturated carbocycles. The van der Waals surface area contributed by atoms with Crippen LogP contribution in [0, 0.1) is 0 Å². The van der Waals surface area contributed by atoms with Crippen molar-refractivity contribution < 1.29 is 16.0 Å². The van der Waals surface area contributed by atoms with Gasteiger partial charge < -0.3 is 14.7 Å². The van der Waals surface area contributed by atoms with E-state index in [0.29, 0.717) is 25.0 Å². The lowest BCUT2D eigenvalue weighted by Gasteiger charge is -2.54. The van der Waals surface area contributed by atoms with Crippen LogP contribution >= 0.6 is 0 Å². The summed E-state index contributed by atoms with van der Waals surface area (Å²) < 4.78 is 15.1. The average molecular weight is 541 g/mol. The van der Waals surface area contributed by atoms with E-state index < -0.39 is 12.0 Å². The van der Waals surface area contributed by atoms with E-state index in [9.17, 15) is 4.79 Å². The molecule has 0 atom stereocenters. The van der Waals surface area contributed by atoms with Gasteiger partial charge in [0.1, 0.15) is 5.75 Å². The third kappa shape index (κ3) is 6.22. The highest BCUT2D eigenvalue weighted by atomic mass is 16.5. The van der Waals surface area contributed by atoms with E-state index in [4.69, 9.17) is 11.2 Å². The fraction of sp³-hybridized carbons (Fsp3) is 0.472. The zero-order valence-corrected chi connectivity index (χ0v) is 24.2. The van der Waals surface area contributed by atoms with E-state index in [1.54, 1.807) is 0 Å². The molecule has 40 heavy (non-hydrogen) atoms. The summed E-state index contributed by atoms with van der Waals surface area (Å²) in [6.07, 6.45) is 10.1. The molecule has 0 aromatic heterocycles. The summed E-state index contributed by atoms with van der Waals surface area (Å²) in [5, 5.41) is 8.83. The standard InChI is InChI=1S/C36H45NO3/c1-28(2)37(27-29-11-8-9-14-33(29)40-26-10-4-7-15-34(38)39)32-18-16-31(17-19-32)36-23-20-35(21-24-36,22-25-36)30-12-5-3-6-13-30/h3,5-6,8-9,11-14,16-19,28H,4,7,10,15,20-27H2,1-2H3,(H,38,39)/i28D. The summed E-state index contributed by atoms with van der Waals surface area (Å²) in [5.41, 5.74) is 5.73. The predicted molar refractivity (Wildman–Crippen MR) is 163 cm³/mol. The van der Waals surface area contributed by atoms with Crippen molar-refractivity contribution in [2.45, 2.75) is 101 Å². The van der Waals surface area contributed by atoms with Crippen molar-refractivity contribution in [2.75, 3.05) is 11.5 Å². The minimum Gasteiger partial charge on any atom is -0.493 e. The molecule has 6 rings (SSSR count). The van der Waals surface area contributed by atoms with E-state index in [-0.39, 0.29) is 11.8 Å². The van der Waals surface area contributed by atoms with E-state index in [0.717, 1.165) is 29.8 Å². The van der Waals surface area contributed by atoms with Crippen molar-refractivity contribution in [3.05, 3.63) is 95.6 Å². The molecule has 3 aliphatic rings. The number of carboxylic acid groups (broad SMARTS) is 1. The van der Waals surface area contributed by atoms with Crippen molar-refractivity contribution >= 4 is 11.7 Å². The van der Waals surface area contributed by atoms with Gasteiger partial charge in [0.05, 0.1) is 7.98 Å². The first-order valence-electron chi connectivity index (χ1n) is 15.6. The van der Waals surface area contributed by atoms with Crippen LogP contribution in [0.3, 0.4) is 0 Å². The fourth-order valence-electron chi connectivity index (χ4n) is 7.03. The molecule has 212 valence electrons. The number of anilines is 1. The smallest absolute Gasteiger partial charge is 0.303 e. The largest absolute Gasteiger partial charge is 0.493 e. The number of rotatable bonds is 13. The number of ether oxygens (including phenoxy) is 1. The van der Waals surface area contributed by atoms with Gasteiger partial charge in [0.2, 0.25) is 0 Å². The Morgan fingerprint density at radius 2 is 1.40 bits per heavy atom. The zero-order valence-electron chi connectivity index (χ0n) is 25.2. The number of benzene rings is 3. The highest BCUT2D eigenvalue weighted by molar-refractivity contribution is 5.66. The molecule has 3 aliphatic carbocycles. The SMILES string of the molecule is [2H]C(C)(C)N(Cc1ccccc1OCCCCCC(=O)O)c1ccc(C23CCC(c4ccccc4)(CC2)CC3)cc1. The van der Waals surface area contributed by atoms with Crippen LogP contribution in [0.4, 0.5) is 5.69 Å². The Morgan fingerprint density at radius 3 is 2.00 bits per heavy atom. The third-order valence-electron chi connectivity index (χ3n) is 9.56. The number of aliphatic carboxylic acids is 1. The van der Waals surface area contributed by atoms with Gasteiger partial charge in [0.25, 0.3) is 0 Å². The quantitative estimate of drug-likeness (QED) is 0.220. The molecule has 4 nitrogen and oxygen atoms in total. The molecule has 2 bridgehead atoms. The summed E-state index contributed by atoms with van der Waals surface area (Å²) in [6, 6.07) is 27.5. The van der Waals surface area contributed by atoms with Gasteiger partial charge in [-0.15, -0.1) is 0 Å². The van der Waals surface area contributed by atoms with E-state index in [1.807, 2.05) is 32.0 Å². The molecule has 0 heterocycles. The van der Waals surface area contributed by atoms with Crippen molar-refractivity contribution in [3.63, 3.8) is 0 Å². The summed E-state index contributed by atoms with van der Waals surface area (Å²) in [5.74, 6) is 0.0893. The van der Waals surface area contributed by atoms with Gasteiger partial charge in [-0.25, -0.2) is 0 Å². The van der Waals surface area contributed by atoms with Crippen LogP contribution in [0.15, 0.2) is 78.9 Å². The topological polar surface area (TPSA) is 49.8 Å². The lowest BCUT2D eigenvalue weighted by Crippen LogP contribution is -2.46. The van der Waals surface area contributed by atoms with E-state index in [2.05, 4.69) is 65.6 Å². The van der Waals surface area contributed by atoms with Crippen molar-refractivity contribution in [1.29, 1.82) is 0 Å². The Kier molecular flexibility index (Phi) is 8.41. The molecular weight excluding hydrogens is 494 g/mol. The number of fused-ring (bicyclic) bond motifs is 3. The highest BCUT2D eigenvalue weighted by Crippen LogP contribution is 2.58. The zero-order chi connectivity index (χ0) is 28.9. The van der Waals surface area contributed by atoms with E-state index in [1.165, 1.54) is 49.7 Å². The summed E-state index contributed by atoms with van der Waals surface area (Å²) in [4.78, 5) is 12.9. The molecule has 0 saturated heterocycles. The number of unbranched alkanes of at least 4 members (excludes halogenated alkanes) is 2. The van der Waals surface area contributed by atoms with Crippen LogP contribution in [0.2, 0.25) is 0 Å². The molecule has 0 aliphatic heterocycles. The number of carbonyl (C=O) groups is 1. The van der Waals surface area contributed by atoms with Crippen LogP contribution in [0.1, 0.15) is 96.1 Å². The number of carboxylic acids is 1. The number of nitrogens with zero attached hydrogens (tertiary/aromatic N) is 1. The lowest BCUT2D eigenvalue weighted by atomic mass is 9.50. The Balaban J connectivity index is 1.26. The van der Waals surface area contributed by atoms with Gasteiger partial charge in [0.15, 0.2) is 0 Å². The monoisotopic (exact) mass is 540 g/mol. The fourth-order valence-corrected chi connectivity index (χ4v) is 7.03. The second-order valence-corrected chi connectivity index (χ2v) is 12.2. The normalized spacial score (nSPS) is 22.5. The van der Waals surface area contributed by atoms with Crippen molar-refractivity contribution in [2.24, 2.45) is 0 Å². The minimum atomic E-state index is -0.811. The second-order valence-electron chi connectivity index (χ2n) is 12.2. The minimum absolute atomic E-state index is 0.207. The molecular formula is C36H45NO3. The van der Waals surface area contributed by atoms with Gasteiger partial charge in [-0.3, -0.25) is 4.79 Å². The number of hydrogen-bond acceptors (Lipinski definition) is 3. The summed E-state index contributed by atoms with van der Waals surface area (Å²) >= 11 is 0. The molecule has 0 unspecified atom stereocenters. The van der Waals surface area contributed by atoms with Gasteiger partial charge in [-0.2, -0.15) is 0 Å². The lowest BCUT2D eigenvalue weighted by molar-refractivity contribution is -0.137. The summed E-state index contributed by atoms with van der Waals surface area (Å²) in [7, 11) is 0. The maximum Gasteiger partial charge on any atom is 0.303 e. The van der Waals surface area contributed by atoms with Gasteiger partial charge in [-0.1, -0.05) is 60.7 Å². The second kappa shape index (κ2) is 12.5. The van der Waals surface area contributed by atoms with Gasteiger partial charge in [-0.05, 0) is 112 Å². The Hall–Kier alpha value is -3.27. The van der Waals surface area contributed by atoms with Crippen molar-refractivity contribution in [1.82, 2.24) is 0 Å². The number of hydrogen-bond donors (Lipinski definition) is 1. The molecule has 0 amide bonds. The maximum absolute atomic E-state index is 10.7. The van der Waals surface area contributed by atoms with Crippen molar-refractivity contribution in [3.8, 4) is 5.75 Å². The van der Waals surface area contributed by atoms with Crippen LogP contribution in [0.5, 0.6) is 5.75 Å². The molecule has 3 fully saturated rings. The first kappa shape index (κ1) is 26.9. The Bertz CT molecular complexity index is 1270. The molecule has 3 aromatic carbocycles. The van der Waals surface area contributed by atoms with Gasteiger partial charge >= 0.3 is 5.97 Å². The Labute approximate surface area is 241 Å². The average Bonchev–Trinajstić information content (AvgIpc) is 2.99. The summed E-state index contributed by atoms with van der Waals surface area (Å²) in [6.45, 7) is 5.02. The Morgan fingerprint density at radius 1 is 0.825 bits per heavy atom. The number of para-hydroxylation sites is 1. The van der Waals surface area contributed by atoms with Crippen LogP contribution in [0.25, 0.3) is 0 Å². The van der Waals surface area contributed by atoms with Crippen LogP contribution in [-0.4, -0.2) is 23.7 Å². The molecule has 1 N–H and O–H groups in total.